The summed E-state index contributed by atoms with van der Waals surface area (Å²) in [5, 5.41) is 7.30. The SMILES string of the molecule is CC1(C)CC(S(=O)(=O)Cc2noc3cc(OC(N)=O)c(F)cc23)=NO1. The van der Waals surface area contributed by atoms with Crippen molar-refractivity contribution in [2.75, 3.05) is 0 Å². The number of nitrogens with zero attached hydrogens (tertiary/aromatic N) is 2. The molecule has 0 atom stereocenters. The molecule has 2 N–H and O–H groups in total. The van der Waals surface area contributed by atoms with Crippen LogP contribution < -0.4 is 10.5 Å². The van der Waals surface area contributed by atoms with Gasteiger partial charge in [-0.25, -0.2) is 17.6 Å². The first-order valence-corrected chi connectivity index (χ1v) is 8.75. The molecule has 0 radical (unpaired) electrons. The fraction of sp³-hybridized carbons (Fsp3) is 0.357. The average molecular weight is 371 g/mol. The summed E-state index contributed by atoms with van der Waals surface area (Å²) in [6.07, 6.45) is -1.07. The number of aromatic nitrogens is 1. The Labute approximate surface area is 141 Å². The van der Waals surface area contributed by atoms with Gasteiger partial charge in [-0.3, -0.25) is 0 Å². The third-order valence-electron chi connectivity index (χ3n) is 3.47. The number of halogens is 1. The van der Waals surface area contributed by atoms with Crippen LogP contribution in [-0.4, -0.2) is 30.3 Å². The van der Waals surface area contributed by atoms with Crippen LogP contribution in [-0.2, 0) is 20.4 Å². The van der Waals surface area contributed by atoms with E-state index < -0.39 is 38.9 Å². The normalized spacial score (nSPS) is 16.5. The number of fused-ring (bicyclic) bond motifs is 1. The molecule has 0 fully saturated rings. The summed E-state index contributed by atoms with van der Waals surface area (Å²) >= 11 is 0. The summed E-state index contributed by atoms with van der Waals surface area (Å²) in [4.78, 5) is 15.8. The number of oxime groups is 1. The predicted octanol–water partition coefficient (Wildman–Crippen LogP) is 1.85. The van der Waals surface area contributed by atoms with Crippen molar-refractivity contribution >= 4 is 31.9 Å². The lowest BCUT2D eigenvalue weighted by Gasteiger charge is -2.13. The van der Waals surface area contributed by atoms with Crippen LogP contribution in [0.2, 0.25) is 0 Å². The highest BCUT2D eigenvalue weighted by Crippen LogP contribution is 2.30. The third kappa shape index (κ3) is 3.40. The Morgan fingerprint density at radius 2 is 2.16 bits per heavy atom. The summed E-state index contributed by atoms with van der Waals surface area (Å²) in [7, 11) is -3.81. The summed E-state index contributed by atoms with van der Waals surface area (Å²) in [6.45, 7) is 3.42. The molecule has 0 spiro atoms. The minimum absolute atomic E-state index is 0.00642. The van der Waals surface area contributed by atoms with E-state index in [0.717, 1.165) is 12.1 Å². The van der Waals surface area contributed by atoms with Crippen molar-refractivity contribution in [3.8, 4) is 5.75 Å². The second kappa shape index (κ2) is 5.69. The van der Waals surface area contributed by atoms with Crippen LogP contribution in [0.3, 0.4) is 0 Å². The topological polar surface area (TPSA) is 134 Å². The molecule has 9 nitrogen and oxygen atoms in total. The van der Waals surface area contributed by atoms with E-state index in [4.69, 9.17) is 15.1 Å². The van der Waals surface area contributed by atoms with Gasteiger partial charge in [0.1, 0.15) is 17.0 Å². The van der Waals surface area contributed by atoms with Crippen molar-refractivity contribution in [1.82, 2.24) is 5.16 Å². The van der Waals surface area contributed by atoms with Gasteiger partial charge in [0.2, 0.25) is 9.84 Å². The second-order valence-corrected chi connectivity index (χ2v) is 8.09. The molecule has 0 bridgehead atoms. The summed E-state index contributed by atoms with van der Waals surface area (Å²) in [5.41, 5.74) is 4.19. The van der Waals surface area contributed by atoms with Crippen molar-refractivity contribution in [2.45, 2.75) is 31.6 Å². The Balaban J connectivity index is 1.92. The molecular formula is C14H14FN3O6S. The maximum Gasteiger partial charge on any atom is 0.410 e. The van der Waals surface area contributed by atoms with Crippen molar-refractivity contribution in [1.29, 1.82) is 0 Å². The zero-order valence-corrected chi connectivity index (χ0v) is 14.1. The molecule has 1 aromatic heterocycles. The lowest BCUT2D eigenvalue weighted by atomic mass is 10.1. The molecule has 1 aromatic carbocycles. The van der Waals surface area contributed by atoms with Gasteiger partial charge < -0.3 is 19.8 Å². The molecule has 0 saturated carbocycles. The van der Waals surface area contributed by atoms with Crippen LogP contribution in [0.1, 0.15) is 26.0 Å². The molecule has 134 valence electrons. The molecule has 1 aliphatic heterocycles. The maximum atomic E-state index is 14.0. The number of amides is 1. The monoisotopic (exact) mass is 371 g/mol. The number of rotatable bonds is 3. The van der Waals surface area contributed by atoms with E-state index in [-0.39, 0.29) is 28.1 Å². The highest BCUT2D eigenvalue weighted by atomic mass is 32.2. The minimum atomic E-state index is -3.81. The molecule has 2 aromatic rings. The molecule has 1 aliphatic rings. The van der Waals surface area contributed by atoms with E-state index in [2.05, 4.69) is 15.0 Å². The van der Waals surface area contributed by atoms with Gasteiger partial charge in [-0.15, -0.1) is 0 Å². The number of hydrogen-bond donors (Lipinski definition) is 1. The Hall–Kier alpha value is -2.69. The van der Waals surface area contributed by atoms with E-state index in [0.29, 0.717) is 0 Å². The average Bonchev–Trinajstić information content (AvgIpc) is 3.03. The van der Waals surface area contributed by atoms with Gasteiger partial charge in [-0.2, -0.15) is 0 Å². The standard InChI is InChI=1S/C14H14FN3O6S/c1-14(2)5-12(18-24-14)25(20,21)6-9-7-3-8(15)11(22-13(16)19)4-10(7)23-17-9/h3-4H,5-6H2,1-2H3,(H2,16,19). The van der Waals surface area contributed by atoms with Gasteiger partial charge in [0.05, 0.1) is 0 Å². The van der Waals surface area contributed by atoms with E-state index in [9.17, 15) is 17.6 Å². The van der Waals surface area contributed by atoms with Crippen LogP contribution in [0.4, 0.5) is 9.18 Å². The third-order valence-corrected chi connectivity index (χ3v) is 5.06. The van der Waals surface area contributed by atoms with Crippen LogP contribution >= 0.6 is 0 Å². The minimum Gasteiger partial charge on any atom is -0.407 e. The molecular weight excluding hydrogens is 357 g/mol. The largest absolute Gasteiger partial charge is 0.410 e. The molecule has 0 unspecified atom stereocenters. The van der Waals surface area contributed by atoms with Gasteiger partial charge in [-0.1, -0.05) is 10.3 Å². The van der Waals surface area contributed by atoms with Gasteiger partial charge in [0.15, 0.2) is 22.2 Å². The van der Waals surface area contributed by atoms with E-state index in [1.54, 1.807) is 13.8 Å². The lowest BCUT2D eigenvalue weighted by Crippen LogP contribution is -2.23. The van der Waals surface area contributed by atoms with Gasteiger partial charge in [-0.05, 0) is 19.9 Å². The lowest BCUT2D eigenvalue weighted by molar-refractivity contribution is 0.0123. The molecule has 2 heterocycles. The highest BCUT2D eigenvalue weighted by molar-refractivity contribution is 8.05. The Morgan fingerprint density at radius 1 is 1.44 bits per heavy atom. The molecule has 0 saturated heterocycles. The Kier molecular flexibility index (Phi) is 3.90. The van der Waals surface area contributed by atoms with Crippen LogP contribution in [0, 0.1) is 5.82 Å². The van der Waals surface area contributed by atoms with Crippen molar-refractivity contribution in [3.05, 3.63) is 23.6 Å². The zero-order chi connectivity index (χ0) is 18.4. The smallest absolute Gasteiger partial charge is 0.407 e. The number of benzene rings is 1. The number of carbonyl (C=O) groups excluding carboxylic acids is 1. The summed E-state index contributed by atoms with van der Waals surface area (Å²) < 4.78 is 48.4. The fourth-order valence-electron chi connectivity index (χ4n) is 2.31. The van der Waals surface area contributed by atoms with E-state index in [1.807, 2.05) is 0 Å². The van der Waals surface area contributed by atoms with Crippen molar-refractivity contribution in [3.63, 3.8) is 0 Å². The van der Waals surface area contributed by atoms with Gasteiger partial charge >= 0.3 is 6.09 Å². The molecule has 3 rings (SSSR count). The number of carbonyl (C=O) groups is 1. The number of primary amides is 1. The number of sulfone groups is 1. The van der Waals surface area contributed by atoms with Gasteiger partial charge in [0, 0.05) is 17.9 Å². The van der Waals surface area contributed by atoms with Crippen molar-refractivity contribution in [2.24, 2.45) is 10.9 Å². The number of nitrogens with two attached hydrogens (primary N) is 1. The zero-order valence-electron chi connectivity index (χ0n) is 13.3. The molecule has 1 amide bonds. The van der Waals surface area contributed by atoms with Crippen molar-refractivity contribution < 1.29 is 31.7 Å². The van der Waals surface area contributed by atoms with E-state index in [1.165, 1.54) is 0 Å². The second-order valence-electron chi connectivity index (χ2n) is 6.10. The molecule has 11 heteroatoms. The maximum absolute atomic E-state index is 14.0. The Morgan fingerprint density at radius 3 is 2.76 bits per heavy atom. The Bertz CT molecular complexity index is 995. The van der Waals surface area contributed by atoms with E-state index >= 15 is 0 Å². The summed E-state index contributed by atoms with van der Waals surface area (Å²) in [5.74, 6) is -1.88. The van der Waals surface area contributed by atoms with Crippen LogP contribution in [0.25, 0.3) is 11.0 Å². The molecule has 0 aliphatic carbocycles. The van der Waals surface area contributed by atoms with Crippen LogP contribution in [0.15, 0.2) is 21.8 Å². The first-order chi connectivity index (χ1) is 11.6. The van der Waals surface area contributed by atoms with Gasteiger partial charge in [0.25, 0.3) is 0 Å². The fourth-order valence-corrected chi connectivity index (χ4v) is 3.77. The summed E-state index contributed by atoms with van der Waals surface area (Å²) in [6, 6.07) is 2.03. The first-order valence-electron chi connectivity index (χ1n) is 7.10. The molecule has 25 heavy (non-hydrogen) atoms. The first kappa shape index (κ1) is 17.1. The number of hydrogen-bond acceptors (Lipinski definition) is 8. The predicted molar refractivity (Wildman–Crippen MR) is 84.0 cm³/mol. The number of ether oxygens (including phenoxy) is 1. The quantitative estimate of drug-likeness (QED) is 0.870. The van der Waals surface area contributed by atoms with Crippen LogP contribution in [0.5, 0.6) is 5.75 Å². The highest BCUT2D eigenvalue weighted by Gasteiger charge is 2.36.